The minimum absolute atomic E-state index is 0.285. The van der Waals surface area contributed by atoms with Crippen molar-refractivity contribution in [1.29, 1.82) is 0 Å². The van der Waals surface area contributed by atoms with Crippen molar-refractivity contribution in [2.24, 2.45) is 0 Å². The zero-order valence-corrected chi connectivity index (χ0v) is 17.3. The van der Waals surface area contributed by atoms with E-state index in [0.717, 1.165) is 5.56 Å². The Morgan fingerprint density at radius 1 is 0.967 bits per heavy atom. The van der Waals surface area contributed by atoms with Crippen molar-refractivity contribution in [3.8, 4) is 0 Å². The number of rotatable bonds is 7. The Morgan fingerprint density at radius 2 is 1.70 bits per heavy atom. The molecule has 0 spiro atoms. The van der Waals surface area contributed by atoms with Crippen molar-refractivity contribution in [2.75, 3.05) is 11.9 Å². The highest BCUT2D eigenvalue weighted by Gasteiger charge is 2.20. The van der Waals surface area contributed by atoms with E-state index in [0.29, 0.717) is 23.5 Å². The largest absolute Gasteiger partial charge is 0.462 e. The van der Waals surface area contributed by atoms with E-state index in [1.807, 2.05) is 26.0 Å². The number of ketones is 1. The van der Waals surface area contributed by atoms with Crippen molar-refractivity contribution in [3.63, 3.8) is 0 Å². The summed E-state index contributed by atoms with van der Waals surface area (Å²) in [6.45, 7) is 6.60. The van der Waals surface area contributed by atoms with Gasteiger partial charge in [-0.15, -0.1) is 0 Å². The second-order valence-electron chi connectivity index (χ2n) is 7.02. The summed E-state index contributed by atoms with van der Waals surface area (Å²) in [6.07, 6.45) is 1.78. The molecule has 2 aromatic carbocycles. The highest BCUT2D eigenvalue weighted by Crippen LogP contribution is 2.15. The molecule has 0 saturated carbocycles. The number of esters is 1. The van der Waals surface area contributed by atoms with E-state index in [2.05, 4.69) is 11.4 Å². The lowest BCUT2D eigenvalue weighted by Crippen LogP contribution is -2.25. The maximum absolute atomic E-state index is 12.7. The summed E-state index contributed by atoms with van der Waals surface area (Å²) in [7, 11) is 0. The summed E-state index contributed by atoms with van der Waals surface area (Å²) in [5, 5.41) is 2.58. The average molecular weight is 404 g/mol. The molecule has 0 aliphatic carbocycles. The fourth-order valence-corrected chi connectivity index (χ4v) is 3.06. The van der Waals surface area contributed by atoms with Gasteiger partial charge in [0.2, 0.25) is 0 Å². The number of aromatic nitrogens is 1. The highest BCUT2D eigenvalue weighted by atomic mass is 16.5. The first-order valence-corrected chi connectivity index (χ1v) is 9.73. The van der Waals surface area contributed by atoms with Crippen LogP contribution in [0.25, 0.3) is 0 Å². The summed E-state index contributed by atoms with van der Waals surface area (Å²) < 4.78 is 6.69. The molecule has 1 amide bonds. The molecular formula is C24H24N2O4. The Labute approximate surface area is 175 Å². The number of carbonyl (C=O) groups excluding carboxylic acids is 3. The maximum atomic E-state index is 12.7. The third-order valence-electron chi connectivity index (χ3n) is 4.85. The Balaban J connectivity index is 1.69. The van der Waals surface area contributed by atoms with Crippen molar-refractivity contribution in [3.05, 3.63) is 88.7 Å². The topological polar surface area (TPSA) is 77.4 Å². The maximum Gasteiger partial charge on any atom is 0.338 e. The Morgan fingerprint density at radius 3 is 2.37 bits per heavy atom. The molecule has 0 bridgehead atoms. The predicted octanol–water partition coefficient (Wildman–Crippen LogP) is 4.15. The first-order valence-electron chi connectivity index (χ1n) is 9.73. The lowest BCUT2D eigenvalue weighted by Gasteiger charge is -2.11. The van der Waals surface area contributed by atoms with Crippen molar-refractivity contribution in [1.82, 2.24) is 4.57 Å². The third-order valence-corrected chi connectivity index (χ3v) is 4.85. The van der Waals surface area contributed by atoms with Crippen LogP contribution < -0.4 is 5.32 Å². The number of hydrogen-bond donors (Lipinski definition) is 1. The third kappa shape index (κ3) is 4.84. The SMILES string of the molecule is CCOC(=O)c1ccc(NC(=O)C(=O)c2cccn2Cc2ccc(C)c(C)c2)cc1. The number of ether oxygens (including phenoxy) is 1. The van der Waals surface area contributed by atoms with Gasteiger partial charge >= 0.3 is 5.97 Å². The smallest absolute Gasteiger partial charge is 0.338 e. The van der Waals surface area contributed by atoms with Crippen LogP contribution >= 0.6 is 0 Å². The van der Waals surface area contributed by atoms with Crippen LogP contribution in [-0.4, -0.2) is 28.8 Å². The summed E-state index contributed by atoms with van der Waals surface area (Å²) in [6, 6.07) is 15.7. The van der Waals surface area contributed by atoms with Crippen LogP contribution in [0.1, 0.15) is 44.5 Å². The quantitative estimate of drug-likeness (QED) is 0.365. The summed E-state index contributed by atoms with van der Waals surface area (Å²) in [5.41, 5.74) is 4.55. The van der Waals surface area contributed by atoms with E-state index in [1.165, 1.54) is 11.1 Å². The van der Waals surface area contributed by atoms with Crippen LogP contribution in [-0.2, 0) is 16.1 Å². The number of amides is 1. The van der Waals surface area contributed by atoms with Crippen LogP contribution in [0, 0.1) is 13.8 Å². The van der Waals surface area contributed by atoms with E-state index in [-0.39, 0.29) is 6.61 Å². The van der Waals surface area contributed by atoms with Gasteiger partial charge in [0.15, 0.2) is 0 Å². The van der Waals surface area contributed by atoms with E-state index in [4.69, 9.17) is 4.74 Å². The highest BCUT2D eigenvalue weighted by molar-refractivity contribution is 6.46. The number of Topliss-reactive ketones (excluding diaryl/α,β-unsaturated/α-hetero) is 1. The first kappa shape index (κ1) is 21.0. The van der Waals surface area contributed by atoms with Gasteiger partial charge in [-0.1, -0.05) is 18.2 Å². The van der Waals surface area contributed by atoms with Crippen LogP contribution in [0.2, 0.25) is 0 Å². The second kappa shape index (κ2) is 9.22. The van der Waals surface area contributed by atoms with E-state index in [9.17, 15) is 14.4 Å². The molecule has 30 heavy (non-hydrogen) atoms. The number of hydrogen-bond acceptors (Lipinski definition) is 4. The zero-order chi connectivity index (χ0) is 21.7. The monoisotopic (exact) mass is 404 g/mol. The number of nitrogens with zero attached hydrogens (tertiary/aromatic N) is 1. The summed E-state index contributed by atoms with van der Waals surface area (Å²) >= 11 is 0. The molecule has 0 aliphatic heterocycles. The Hall–Kier alpha value is -3.67. The summed E-state index contributed by atoms with van der Waals surface area (Å²) in [4.78, 5) is 36.9. The van der Waals surface area contributed by atoms with Crippen LogP contribution in [0.3, 0.4) is 0 Å². The lowest BCUT2D eigenvalue weighted by molar-refractivity contribution is -0.112. The standard InChI is InChI=1S/C24H24N2O4/c1-4-30-24(29)19-9-11-20(12-10-19)25-23(28)22(27)21-6-5-13-26(21)15-18-8-7-16(2)17(3)14-18/h5-14H,4,15H2,1-3H3,(H,25,28). The normalized spacial score (nSPS) is 10.5. The number of nitrogens with one attached hydrogen (secondary N) is 1. The van der Waals surface area contributed by atoms with Gasteiger partial charge in [0.05, 0.1) is 17.9 Å². The van der Waals surface area contributed by atoms with Gasteiger partial charge < -0.3 is 14.6 Å². The molecule has 3 rings (SSSR count). The molecule has 3 aromatic rings. The molecule has 6 nitrogen and oxygen atoms in total. The van der Waals surface area contributed by atoms with Crippen molar-refractivity contribution in [2.45, 2.75) is 27.3 Å². The summed E-state index contributed by atoms with van der Waals surface area (Å²) in [5.74, 6) is -1.80. The molecule has 1 heterocycles. The molecular weight excluding hydrogens is 380 g/mol. The van der Waals surface area contributed by atoms with Gasteiger partial charge in [0, 0.05) is 18.4 Å². The van der Waals surface area contributed by atoms with Gasteiger partial charge in [0.1, 0.15) is 0 Å². The number of aryl methyl sites for hydroxylation is 2. The molecule has 0 fully saturated rings. The molecule has 0 aliphatic rings. The van der Waals surface area contributed by atoms with Crippen LogP contribution in [0.15, 0.2) is 60.8 Å². The number of carbonyl (C=O) groups is 3. The van der Waals surface area contributed by atoms with Gasteiger partial charge in [-0.25, -0.2) is 4.79 Å². The van der Waals surface area contributed by atoms with E-state index >= 15 is 0 Å². The molecule has 0 radical (unpaired) electrons. The Bertz CT molecular complexity index is 1080. The molecule has 6 heteroatoms. The van der Waals surface area contributed by atoms with E-state index in [1.54, 1.807) is 54.1 Å². The molecule has 154 valence electrons. The molecule has 1 aromatic heterocycles. The number of anilines is 1. The first-order chi connectivity index (χ1) is 14.4. The van der Waals surface area contributed by atoms with Gasteiger partial charge in [0.25, 0.3) is 11.7 Å². The molecule has 1 N–H and O–H groups in total. The molecule has 0 saturated heterocycles. The average Bonchev–Trinajstić information content (AvgIpc) is 3.19. The van der Waals surface area contributed by atoms with Gasteiger partial charge in [-0.05, 0) is 73.9 Å². The fraction of sp³-hybridized carbons (Fsp3) is 0.208. The van der Waals surface area contributed by atoms with Crippen LogP contribution in [0.5, 0.6) is 0 Å². The van der Waals surface area contributed by atoms with Crippen molar-refractivity contribution < 1.29 is 19.1 Å². The zero-order valence-electron chi connectivity index (χ0n) is 17.3. The lowest BCUT2D eigenvalue weighted by atomic mass is 10.1. The van der Waals surface area contributed by atoms with Crippen LogP contribution in [0.4, 0.5) is 5.69 Å². The predicted molar refractivity (Wildman–Crippen MR) is 115 cm³/mol. The number of benzene rings is 2. The second-order valence-corrected chi connectivity index (χ2v) is 7.02. The van der Waals surface area contributed by atoms with Gasteiger partial charge in [-0.2, -0.15) is 0 Å². The Kier molecular flexibility index (Phi) is 6.47. The minimum Gasteiger partial charge on any atom is -0.462 e. The van der Waals surface area contributed by atoms with Crippen molar-refractivity contribution >= 4 is 23.3 Å². The molecule has 0 atom stereocenters. The van der Waals surface area contributed by atoms with E-state index < -0.39 is 17.7 Å². The van der Waals surface area contributed by atoms with Gasteiger partial charge in [-0.3, -0.25) is 9.59 Å². The minimum atomic E-state index is -0.737. The fourth-order valence-electron chi connectivity index (χ4n) is 3.06. The molecule has 0 unspecified atom stereocenters.